The zero-order valence-electron chi connectivity index (χ0n) is 16.6. The monoisotopic (exact) mass is 412 g/mol. The summed E-state index contributed by atoms with van der Waals surface area (Å²) in [6.07, 6.45) is 3.51. The van der Waals surface area contributed by atoms with Crippen molar-refractivity contribution in [2.24, 2.45) is 0 Å². The van der Waals surface area contributed by atoms with Crippen LogP contribution in [0.3, 0.4) is 0 Å². The van der Waals surface area contributed by atoms with E-state index in [2.05, 4.69) is 15.1 Å². The van der Waals surface area contributed by atoms with Crippen molar-refractivity contribution in [1.82, 2.24) is 14.5 Å². The average Bonchev–Trinajstić information content (AvgIpc) is 3.15. The zero-order chi connectivity index (χ0) is 21.0. The quantitative estimate of drug-likeness (QED) is 0.624. The van der Waals surface area contributed by atoms with Crippen LogP contribution in [0.1, 0.15) is 23.1 Å². The SMILES string of the molecule is Cc1cc(C)c(S(=O)(=O)NCCC(=O)Nc2cccc(-n3cccn3)c2)c(C)c1. The lowest BCUT2D eigenvalue weighted by Gasteiger charge is -2.13. The van der Waals surface area contributed by atoms with Gasteiger partial charge in [0.2, 0.25) is 15.9 Å². The van der Waals surface area contributed by atoms with Crippen molar-refractivity contribution in [1.29, 1.82) is 0 Å². The number of nitrogens with zero attached hydrogens (tertiary/aromatic N) is 2. The zero-order valence-corrected chi connectivity index (χ0v) is 17.5. The molecule has 152 valence electrons. The smallest absolute Gasteiger partial charge is 0.241 e. The summed E-state index contributed by atoms with van der Waals surface area (Å²) in [6, 6.07) is 12.8. The standard InChI is InChI=1S/C21H24N4O3S/c1-15-12-16(2)21(17(3)13-15)29(27,28)23-10-8-20(26)24-18-6-4-7-19(14-18)25-11-5-9-22-25/h4-7,9,11-14,23H,8,10H2,1-3H3,(H,24,26). The summed E-state index contributed by atoms with van der Waals surface area (Å²) in [6.45, 7) is 5.48. The fraction of sp³-hybridized carbons (Fsp3) is 0.238. The van der Waals surface area contributed by atoms with Crippen LogP contribution in [0.25, 0.3) is 5.69 Å². The molecule has 8 heteroatoms. The first-order valence-corrected chi connectivity index (χ1v) is 10.7. The minimum absolute atomic E-state index is 0.0137. The van der Waals surface area contributed by atoms with E-state index in [1.54, 1.807) is 36.9 Å². The third-order valence-corrected chi connectivity index (χ3v) is 6.18. The predicted octanol–water partition coefficient (Wildman–Crippen LogP) is 3.10. The number of carbonyl (C=O) groups is 1. The Morgan fingerprint density at radius 3 is 2.45 bits per heavy atom. The van der Waals surface area contributed by atoms with E-state index in [0.717, 1.165) is 11.3 Å². The fourth-order valence-electron chi connectivity index (χ4n) is 3.33. The van der Waals surface area contributed by atoms with Gasteiger partial charge in [-0.15, -0.1) is 0 Å². The van der Waals surface area contributed by atoms with Gasteiger partial charge < -0.3 is 5.32 Å². The lowest BCUT2D eigenvalue weighted by molar-refractivity contribution is -0.116. The molecule has 0 aliphatic rings. The predicted molar refractivity (Wildman–Crippen MR) is 113 cm³/mol. The molecule has 3 aromatic rings. The lowest BCUT2D eigenvalue weighted by Crippen LogP contribution is -2.29. The maximum absolute atomic E-state index is 12.6. The minimum atomic E-state index is -3.68. The molecule has 0 radical (unpaired) electrons. The van der Waals surface area contributed by atoms with Crippen LogP contribution in [0.4, 0.5) is 5.69 Å². The number of aryl methyl sites for hydroxylation is 3. The van der Waals surface area contributed by atoms with Crippen LogP contribution in [0, 0.1) is 20.8 Å². The van der Waals surface area contributed by atoms with Crippen molar-refractivity contribution in [3.05, 3.63) is 71.5 Å². The van der Waals surface area contributed by atoms with E-state index in [0.29, 0.717) is 16.8 Å². The lowest BCUT2D eigenvalue weighted by atomic mass is 10.1. The van der Waals surface area contributed by atoms with Gasteiger partial charge in [0.25, 0.3) is 0 Å². The second kappa shape index (κ2) is 8.59. The van der Waals surface area contributed by atoms with Gasteiger partial charge in [0.15, 0.2) is 0 Å². The van der Waals surface area contributed by atoms with E-state index in [1.807, 2.05) is 43.5 Å². The van der Waals surface area contributed by atoms with Crippen molar-refractivity contribution in [2.75, 3.05) is 11.9 Å². The highest BCUT2D eigenvalue weighted by Gasteiger charge is 2.19. The van der Waals surface area contributed by atoms with Crippen molar-refractivity contribution < 1.29 is 13.2 Å². The van der Waals surface area contributed by atoms with Gasteiger partial charge in [-0.2, -0.15) is 5.10 Å². The van der Waals surface area contributed by atoms with Gasteiger partial charge in [-0.05, 0) is 56.2 Å². The van der Waals surface area contributed by atoms with Gasteiger partial charge in [0, 0.05) is 31.0 Å². The molecule has 29 heavy (non-hydrogen) atoms. The Balaban J connectivity index is 1.60. The molecule has 3 rings (SSSR count). The van der Waals surface area contributed by atoms with Crippen LogP contribution in [-0.4, -0.2) is 30.7 Å². The first-order valence-electron chi connectivity index (χ1n) is 9.24. The topological polar surface area (TPSA) is 93.1 Å². The molecular weight excluding hydrogens is 388 g/mol. The Labute approximate surface area is 170 Å². The number of benzene rings is 2. The number of anilines is 1. The van der Waals surface area contributed by atoms with Gasteiger partial charge in [0.05, 0.1) is 10.6 Å². The van der Waals surface area contributed by atoms with Crippen LogP contribution in [0.2, 0.25) is 0 Å². The Kier molecular flexibility index (Phi) is 6.14. The molecule has 2 aromatic carbocycles. The highest BCUT2D eigenvalue weighted by molar-refractivity contribution is 7.89. The second-order valence-corrected chi connectivity index (χ2v) is 8.63. The molecule has 1 amide bonds. The van der Waals surface area contributed by atoms with E-state index in [4.69, 9.17) is 0 Å². The maximum Gasteiger partial charge on any atom is 0.241 e. The Morgan fingerprint density at radius 1 is 1.07 bits per heavy atom. The molecule has 1 heterocycles. The Morgan fingerprint density at radius 2 is 1.79 bits per heavy atom. The number of hydrogen-bond donors (Lipinski definition) is 2. The maximum atomic E-state index is 12.6. The molecule has 0 spiro atoms. The highest BCUT2D eigenvalue weighted by Crippen LogP contribution is 2.21. The van der Waals surface area contributed by atoms with Gasteiger partial charge in [-0.3, -0.25) is 4.79 Å². The van der Waals surface area contributed by atoms with Crippen LogP contribution >= 0.6 is 0 Å². The summed E-state index contributed by atoms with van der Waals surface area (Å²) in [4.78, 5) is 12.5. The molecule has 0 atom stereocenters. The summed E-state index contributed by atoms with van der Waals surface area (Å²) in [5, 5.41) is 6.94. The molecule has 0 saturated carbocycles. The third kappa shape index (κ3) is 5.10. The summed E-state index contributed by atoms with van der Waals surface area (Å²) >= 11 is 0. The number of nitrogens with one attached hydrogen (secondary N) is 2. The summed E-state index contributed by atoms with van der Waals surface area (Å²) in [7, 11) is -3.68. The van der Waals surface area contributed by atoms with Crippen molar-refractivity contribution in [3.8, 4) is 5.69 Å². The number of carbonyl (C=O) groups excluding carboxylic acids is 1. The molecule has 0 bridgehead atoms. The van der Waals surface area contributed by atoms with E-state index in [-0.39, 0.29) is 23.8 Å². The van der Waals surface area contributed by atoms with E-state index < -0.39 is 10.0 Å². The first kappa shape index (κ1) is 20.8. The Hall–Kier alpha value is -2.97. The van der Waals surface area contributed by atoms with Crippen molar-refractivity contribution in [2.45, 2.75) is 32.1 Å². The van der Waals surface area contributed by atoms with E-state index in [1.165, 1.54) is 0 Å². The molecule has 0 aliphatic heterocycles. The molecule has 0 unspecified atom stereocenters. The van der Waals surface area contributed by atoms with E-state index in [9.17, 15) is 13.2 Å². The number of hydrogen-bond acceptors (Lipinski definition) is 4. The third-order valence-electron chi connectivity index (χ3n) is 4.42. The molecular formula is C21H24N4O3S. The van der Waals surface area contributed by atoms with Crippen molar-refractivity contribution >= 4 is 21.6 Å². The minimum Gasteiger partial charge on any atom is -0.326 e. The first-order chi connectivity index (χ1) is 13.8. The fourth-order valence-corrected chi connectivity index (χ4v) is 4.81. The van der Waals surface area contributed by atoms with Crippen LogP contribution < -0.4 is 10.0 Å². The van der Waals surface area contributed by atoms with Crippen LogP contribution in [-0.2, 0) is 14.8 Å². The molecule has 1 aromatic heterocycles. The van der Waals surface area contributed by atoms with Gasteiger partial charge >= 0.3 is 0 Å². The Bertz CT molecular complexity index is 1100. The summed E-state index contributed by atoms with van der Waals surface area (Å²) in [5.74, 6) is -0.275. The second-order valence-electron chi connectivity index (χ2n) is 6.92. The highest BCUT2D eigenvalue weighted by atomic mass is 32.2. The summed E-state index contributed by atoms with van der Waals surface area (Å²) in [5.41, 5.74) is 3.83. The average molecular weight is 413 g/mol. The van der Waals surface area contributed by atoms with Gasteiger partial charge in [0.1, 0.15) is 0 Å². The van der Waals surface area contributed by atoms with Gasteiger partial charge in [-0.25, -0.2) is 17.8 Å². The normalized spacial score (nSPS) is 11.4. The number of amides is 1. The number of rotatable bonds is 7. The molecule has 7 nitrogen and oxygen atoms in total. The molecule has 0 fully saturated rings. The molecule has 0 aliphatic carbocycles. The van der Waals surface area contributed by atoms with Crippen LogP contribution in [0.15, 0.2) is 59.8 Å². The number of aromatic nitrogens is 2. The van der Waals surface area contributed by atoms with Gasteiger partial charge in [-0.1, -0.05) is 23.8 Å². The number of sulfonamides is 1. The largest absolute Gasteiger partial charge is 0.326 e. The molecule has 0 saturated heterocycles. The molecule has 2 N–H and O–H groups in total. The summed E-state index contributed by atoms with van der Waals surface area (Å²) < 4.78 is 29.5. The van der Waals surface area contributed by atoms with E-state index >= 15 is 0 Å². The van der Waals surface area contributed by atoms with Crippen molar-refractivity contribution in [3.63, 3.8) is 0 Å². The van der Waals surface area contributed by atoms with Crippen LogP contribution in [0.5, 0.6) is 0 Å².